The predicted molar refractivity (Wildman–Crippen MR) is 297 cm³/mol. The fourth-order valence-electron chi connectivity index (χ4n) is 7.94. The highest BCUT2D eigenvalue weighted by molar-refractivity contribution is 7.99. The quantitative estimate of drug-likeness (QED) is 0.0154. The second kappa shape index (κ2) is 25.5. The first-order valence-corrected chi connectivity index (χ1v) is 32.0. The van der Waals surface area contributed by atoms with E-state index in [0.29, 0.717) is 33.7 Å². The molecule has 30 nitrogen and oxygen atoms in total. The minimum atomic E-state index is -5.01. The van der Waals surface area contributed by atoms with Gasteiger partial charge in [0, 0.05) is 33.5 Å². The SMILES string of the molecule is COc1ccc2c(c1)nc1c(C#N)c(C)c(N=Nc3cc(C)c(N=Nc4cc(CO)c(N=Nc5nc6c(S(=O)(=O)O)cc7c(CO)cc(S(=O)(=O)O)cc7c6s5)cc4SCCCS(=O)(=O)O)cc3OCCCS(=O)(=O)O)c(O)n12.O=S(=O)=O. The van der Waals surface area contributed by atoms with Crippen LogP contribution in [0.1, 0.15) is 40.7 Å². The monoisotopic (exact) mass is 1280 g/mol. The molecule has 438 valence electrons. The van der Waals surface area contributed by atoms with Crippen LogP contribution in [0.4, 0.5) is 33.6 Å². The molecule has 83 heavy (non-hydrogen) atoms. The van der Waals surface area contributed by atoms with Gasteiger partial charge in [0.05, 0.1) is 76.1 Å². The van der Waals surface area contributed by atoms with Crippen molar-refractivity contribution < 1.29 is 89.3 Å². The lowest BCUT2D eigenvalue weighted by atomic mass is 10.0. The van der Waals surface area contributed by atoms with Crippen molar-refractivity contribution in [3.05, 3.63) is 88.5 Å². The van der Waals surface area contributed by atoms with Crippen LogP contribution >= 0.6 is 23.1 Å². The molecule has 0 bridgehead atoms. The summed E-state index contributed by atoms with van der Waals surface area (Å²) in [5.41, 5.74) is 1.52. The van der Waals surface area contributed by atoms with Gasteiger partial charge in [-0.15, -0.1) is 50.0 Å². The van der Waals surface area contributed by atoms with Gasteiger partial charge in [-0.25, -0.2) is 9.97 Å². The molecule has 0 aliphatic heterocycles. The van der Waals surface area contributed by atoms with E-state index in [0.717, 1.165) is 30.0 Å². The minimum Gasteiger partial charge on any atom is -0.497 e. The van der Waals surface area contributed by atoms with Crippen LogP contribution in [0.5, 0.6) is 17.4 Å². The van der Waals surface area contributed by atoms with Crippen molar-refractivity contribution in [2.45, 2.75) is 54.6 Å². The highest BCUT2D eigenvalue weighted by Gasteiger charge is 2.26. The lowest BCUT2D eigenvalue weighted by Crippen LogP contribution is -2.08. The lowest BCUT2D eigenvalue weighted by Gasteiger charge is -2.12. The number of azo groups is 3. The van der Waals surface area contributed by atoms with E-state index in [4.69, 9.17) is 22.1 Å². The number of rotatable bonds is 21. The molecule has 37 heteroatoms. The normalized spacial score (nSPS) is 12.5. The van der Waals surface area contributed by atoms with Gasteiger partial charge >= 0.3 is 10.6 Å². The van der Waals surface area contributed by atoms with Crippen LogP contribution in [-0.2, 0) is 64.3 Å². The molecule has 7 N–H and O–H groups in total. The Kier molecular flexibility index (Phi) is 19.4. The zero-order valence-corrected chi connectivity index (χ0v) is 48.4. The van der Waals surface area contributed by atoms with Gasteiger partial charge in [0.25, 0.3) is 40.5 Å². The average molecular weight is 1280 g/mol. The highest BCUT2D eigenvalue weighted by Crippen LogP contribution is 2.45. The van der Waals surface area contributed by atoms with E-state index < -0.39 is 91.5 Å². The molecule has 0 amide bonds. The Balaban J connectivity index is 0.00000240. The third-order valence-electron chi connectivity index (χ3n) is 11.7. The fraction of sp³-hybridized carbons (Fsp3) is 0.239. The Morgan fingerprint density at radius 2 is 1.39 bits per heavy atom. The number of aromatic nitrogens is 3. The second-order valence-corrected chi connectivity index (χ2v) is 25.7. The molecule has 0 unspecified atom stereocenters. The van der Waals surface area contributed by atoms with Crippen molar-refractivity contribution in [2.75, 3.05) is 31.0 Å². The molecule has 0 aliphatic carbocycles. The molecule has 3 heterocycles. The summed E-state index contributed by atoms with van der Waals surface area (Å²) < 4.78 is 172. The predicted octanol–water partition coefficient (Wildman–Crippen LogP) is 8.20. The zero-order valence-electron chi connectivity index (χ0n) is 42.7. The van der Waals surface area contributed by atoms with Crippen LogP contribution in [-0.4, -0.2) is 125 Å². The molecule has 0 spiro atoms. The van der Waals surface area contributed by atoms with Crippen LogP contribution in [0.15, 0.2) is 106 Å². The molecule has 0 saturated heterocycles. The maximum atomic E-state index is 12.6. The Morgan fingerprint density at radius 1 is 0.735 bits per heavy atom. The number of aliphatic hydroxyl groups excluding tert-OH is 2. The van der Waals surface area contributed by atoms with E-state index in [-0.39, 0.29) is 118 Å². The number of hydrogen-bond donors (Lipinski definition) is 7. The third-order valence-corrected chi connectivity index (χ3v) is 17.1. The first-order valence-electron chi connectivity index (χ1n) is 23.1. The number of ether oxygens (including phenoxy) is 2. The number of aromatic hydroxyl groups is 1. The number of nitriles is 1. The fourth-order valence-corrected chi connectivity index (χ4v) is 12.3. The van der Waals surface area contributed by atoms with E-state index in [1.165, 1.54) is 35.8 Å². The zero-order chi connectivity index (χ0) is 60.9. The number of aliphatic hydroxyl groups is 2. The van der Waals surface area contributed by atoms with Crippen molar-refractivity contribution in [1.29, 1.82) is 5.26 Å². The molecular weight excluding hydrogens is 1240 g/mol. The third kappa shape index (κ3) is 15.2. The van der Waals surface area contributed by atoms with Crippen LogP contribution in [0, 0.1) is 25.2 Å². The van der Waals surface area contributed by atoms with Crippen LogP contribution < -0.4 is 9.47 Å². The molecule has 0 aliphatic rings. The van der Waals surface area contributed by atoms with Gasteiger partial charge in [-0.05, 0) is 97.5 Å². The van der Waals surface area contributed by atoms with Crippen LogP contribution in [0.2, 0.25) is 0 Å². The van der Waals surface area contributed by atoms with Gasteiger partial charge in [-0.3, -0.25) is 22.6 Å². The van der Waals surface area contributed by atoms with Crippen LogP contribution in [0.3, 0.4) is 0 Å². The lowest BCUT2D eigenvalue weighted by molar-refractivity contribution is 0.282. The van der Waals surface area contributed by atoms with E-state index in [9.17, 15) is 72.5 Å². The number of methoxy groups -OCH3 is 1. The number of nitrogens with zero attached hydrogens (tertiary/aromatic N) is 10. The summed E-state index contributed by atoms with van der Waals surface area (Å²) in [7, 11) is -20.2. The molecule has 8 rings (SSSR count). The summed E-state index contributed by atoms with van der Waals surface area (Å²) >= 11 is 1.75. The molecule has 3 aromatic heterocycles. The minimum absolute atomic E-state index is 0.00430. The topological polar surface area (TPSA) is 476 Å². The van der Waals surface area contributed by atoms with E-state index >= 15 is 0 Å². The van der Waals surface area contributed by atoms with Gasteiger partial charge in [-0.1, -0.05) is 11.3 Å². The summed E-state index contributed by atoms with van der Waals surface area (Å²) in [4.78, 5) is 7.70. The van der Waals surface area contributed by atoms with Crippen molar-refractivity contribution in [2.24, 2.45) is 30.7 Å². The van der Waals surface area contributed by atoms with Gasteiger partial charge < -0.3 is 24.8 Å². The number of fused-ring (bicyclic) bond motifs is 6. The molecule has 8 aromatic rings. The molecule has 0 saturated carbocycles. The number of thiazole rings is 1. The Labute approximate surface area is 479 Å². The van der Waals surface area contributed by atoms with Gasteiger partial charge in [-0.2, -0.15) is 44.0 Å². The summed E-state index contributed by atoms with van der Waals surface area (Å²) in [6.07, 6.45) is -0.215. The van der Waals surface area contributed by atoms with E-state index in [2.05, 4.69) is 46.7 Å². The number of hydrogen-bond acceptors (Lipinski definition) is 27. The van der Waals surface area contributed by atoms with E-state index in [1.54, 1.807) is 32.0 Å². The Morgan fingerprint density at radius 3 is 2.01 bits per heavy atom. The summed E-state index contributed by atoms with van der Waals surface area (Å²) in [6, 6.07) is 15.6. The largest absolute Gasteiger partial charge is 0.497 e. The van der Waals surface area contributed by atoms with Crippen molar-refractivity contribution >= 4 is 145 Å². The number of benzene rings is 5. The van der Waals surface area contributed by atoms with Crippen molar-refractivity contribution in [3.63, 3.8) is 0 Å². The van der Waals surface area contributed by atoms with Crippen molar-refractivity contribution in [3.8, 4) is 23.4 Å². The first-order chi connectivity index (χ1) is 38.9. The average Bonchev–Trinajstić information content (AvgIpc) is 2.28. The maximum absolute atomic E-state index is 12.6. The molecule has 0 atom stereocenters. The van der Waals surface area contributed by atoms with Gasteiger partial charge in [0.15, 0.2) is 11.3 Å². The first kappa shape index (κ1) is 63.0. The van der Waals surface area contributed by atoms with E-state index in [1.807, 2.05) is 0 Å². The van der Waals surface area contributed by atoms with Crippen LogP contribution in [0.25, 0.3) is 37.7 Å². The summed E-state index contributed by atoms with van der Waals surface area (Å²) in [5.74, 6) is -1.11. The standard InChI is InChI=1S/C46H42N10O17S6.O3S/c1-23-12-35(52-54-41-24(2)31(20-47)44-48-34-15-27(72-3)6-7-37(34)56(44)45(41)59)38(73-8-4-10-76(60,61)62)18-32(23)50-53-36-14-26(22-58)33(19-39(36)74-9-5-11-77(63,64)65)51-55-46-49-42-40(79(69,70)71)17-29-25(21-57)13-28(78(66,67)68)16-30(29)43(42)75-46;1-4(2)3/h6-7,12-19,57-59H,4-5,8-11,21-22H2,1-3H3,(H,60,61,62)(H,63,64,65)(H,66,67,68)(H,69,70,71);. The molecular formula is C46H42N10O20S7. The molecule has 0 radical (unpaired) electrons. The molecule has 5 aromatic carbocycles. The number of imidazole rings is 1. The highest BCUT2D eigenvalue weighted by atomic mass is 32.2. The number of pyridine rings is 1. The van der Waals surface area contributed by atoms with Gasteiger partial charge in [0.2, 0.25) is 11.0 Å². The van der Waals surface area contributed by atoms with Crippen molar-refractivity contribution in [1.82, 2.24) is 14.4 Å². The summed E-state index contributed by atoms with van der Waals surface area (Å²) in [5, 5.41) is 68.2. The number of aryl methyl sites for hydroxylation is 1. The Hall–Kier alpha value is -7.58. The second-order valence-electron chi connectivity index (χ2n) is 17.2. The maximum Gasteiger partial charge on any atom is 0.425 e. The number of thioether (sulfide) groups is 1. The van der Waals surface area contributed by atoms with Gasteiger partial charge in [0.1, 0.15) is 39.2 Å². The Bertz CT molecular complexity index is 4660. The molecule has 0 fully saturated rings. The smallest absolute Gasteiger partial charge is 0.425 e. The summed E-state index contributed by atoms with van der Waals surface area (Å²) in [6.45, 7) is 1.42.